The maximum Gasteiger partial charge on any atom is 0.135 e. The topological polar surface area (TPSA) is 16.4 Å². The Morgan fingerprint density at radius 1 is 0.459 bits per heavy atom. The van der Waals surface area contributed by atoms with Gasteiger partial charge in [0.1, 0.15) is 11.2 Å². The lowest BCUT2D eigenvalue weighted by atomic mass is 9.70. The Labute approximate surface area is 355 Å². The molecule has 0 saturated carbocycles. The normalized spacial score (nSPS) is 14.9. The largest absolute Gasteiger partial charge is 0.456 e. The molecule has 2 aliphatic rings. The SMILES string of the molecule is C=C/C=C(\C=C)c1ccc(N(c2ccc(-c3ccc4oc5ccccc5c4c3)cc2)c2ccc3c(c2)C2(c4ccccc4-3)c3ccccc3-c3c2ccc2ccccc32)cc1. The quantitative estimate of drug-likeness (QED) is 0.150. The smallest absolute Gasteiger partial charge is 0.135 e. The van der Waals surface area contributed by atoms with E-state index in [4.69, 9.17) is 4.42 Å². The van der Waals surface area contributed by atoms with Gasteiger partial charge in [-0.15, -0.1) is 0 Å². The molecule has 0 fully saturated rings. The van der Waals surface area contributed by atoms with Crippen LogP contribution in [-0.2, 0) is 5.41 Å². The van der Waals surface area contributed by atoms with Crippen LogP contribution in [0.3, 0.4) is 0 Å². The predicted octanol–water partition coefficient (Wildman–Crippen LogP) is 16.0. The highest BCUT2D eigenvalue weighted by Crippen LogP contribution is 2.64. The van der Waals surface area contributed by atoms with Crippen molar-refractivity contribution in [2.45, 2.75) is 5.41 Å². The van der Waals surface area contributed by atoms with Gasteiger partial charge in [-0.25, -0.2) is 0 Å². The van der Waals surface area contributed by atoms with Crippen LogP contribution in [0, 0.1) is 0 Å². The molecule has 1 heterocycles. The Hall–Kier alpha value is -7.94. The first-order chi connectivity index (χ1) is 30.1. The first-order valence-corrected chi connectivity index (χ1v) is 20.9. The zero-order valence-corrected chi connectivity index (χ0v) is 33.5. The van der Waals surface area contributed by atoms with E-state index in [0.717, 1.165) is 61.3 Å². The molecule has 2 heteroatoms. The Bertz CT molecular complexity index is 3450. The summed E-state index contributed by atoms with van der Waals surface area (Å²) in [5.41, 5.74) is 19.4. The second-order valence-corrected chi connectivity index (χ2v) is 16.1. The molecule has 0 N–H and O–H groups in total. The average molecular weight is 778 g/mol. The fourth-order valence-corrected chi connectivity index (χ4v) is 10.4. The molecule has 0 amide bonds. The van der Waals surface area contributed by atoms with Gasteiger partial charge in [-0.1, -0.05) is 171 Å². The van der Waals surface area contributed by atoms with Crippen LogP contribution in [-0.4, -0.2) is 0 Å². The Morgan fingerprint density at radius 2 is 1.08 bits per heavy atom. The highest BCUT2D eigenvalue weighted by Gasteiger charge is 2.52. The van der Waals surface area contributed by atoms with Crippen LogP contribution in [0.2, 0.25) is 0 Å². The molecule has 0 saturated heterocycles. The van der Waals surface area contributed by atoms with E-state index in [1.165, 1.54) is 55.3 Å². The molecule has 0 aliphatic heterocycles. The molecule has 1 spiro atoms. The molecule has 2 aliphatic carbocycles. The summed E-state index contributed by atoms with van der Waals surface area (Å²) in [6, 6.07) is 71.2. The Morgan fingerprint density at radius 3 is 1.87 bits per heavy atom. The van der Waals surface area contributed by atoms with Crippen LogP contribution in [0.4, 0.5) is 17.1 Å². The van der Waals surface area contributed by atoms with E-state index < -0.39 is 5.41 Å². The first kappa shape index (κ1) is 35.0. The minimum atomic E-state index is -0.485. The zero-order chi connectivity index (χ0) is 40.7. The van der Waals surface area contributed by atoms with Crippen molar-refractivity contribution < 1.29 is 4.42 Å². The van der Waals surface area contributed by atoms with E-state index in [2.05, 4.69) is 200 Å². The monoisotopic (exact) mass is 777 g/mol. The summed E-state index contributed by atoms with van der Waals surface area (Å²) in [4.78, 5) is 2.39. The van der Waals surface area contributed by atoms with Crippen molar-refractivity contribution in [3.05, 3.63) is 253 Å². The number of allylic oxidation sites excluding steroid dienone is 4. The third-order valence-electron chi connectivity index (χ3n) is 13.0. The molecule has 286 valence electrons. The van der Waals surface area contributed by atoms with Gasteiger partial charge in [0.05, 0.1) is 5.41 Å². The van der Waals surface area contributed by atoms with Crippen molar-refractivity contribution in [2.75, 3.05) is 4.90 Å². The van der Waals surface area contributed by atoms with E-state index >= 15 is 0 Å². The van der Waals surface area contributed by atoms with Crippen molar-refractivity contribution in [2.24, 2.45) is 0 Å². The fraction of sp³-hybridized carbons (Fsp3) is 0.0169. The third kappa shape index (κ3) is 5.09. The van der Waals surface area contributed by atoms with Crippen molar-refractivity contribution in [3.63, 3.8) is 0 Å². The van der Waals surface area contributed by atoms with Gasteiger partial charge in [0.15, 0.2) is 0 Å². The number of rotatable bonds is 7. The van der Waals surface area contributed by atoms with Crippen molar-refractivity contribution in [3.8, 4) is 33.4 Å². The Balaban J connectivity index is 1.05. The molecule has 2 nitrogen and oxygen atoms in total. The summed E-state index contributed by atoms with van der Waals surface area (Å²) < 4.78 is 6.16. The van der Waals surface area contributed by atoms with E-state index in [-0.39, 0.29) is 0 Å². The number of fused-ring (bicyclic) bond motifs is 15. The van der Waals surface area contributed by atoms with E-state index in [9.17, 15) is 0 Å². The van der Waals surface area contributed by atoms with Crippen LogP contribution in [0.5, 0.6) is 0 Å². The molecule has 0 bridgehead atoms. The molecule has 61 heavy (non-hydrogen) atoms. The third-order valence-corrected chi connectivity index (χ3v) is 13.0. The van der Waals surface area contributed by atoms with E-state index in [1.807, 2.05) is 30.4 Å². The van der Waals surface area contributed by atoms with Crippen molar-refractivity contribution >= 4 is 55.3 Å². The van der Waals surface area contributed by atoms with Gasteiger partial charge < -0.3 is 9.32 Å². The lowest BCUT2D eigenvalue weighted by Gasteiger charge is -2.32. The number of hydrogen-bond acceptors (Lipinski definition) is 2. The van der Waals surface area contributed by atoms with Crippen LogP contribution < -0.4 is 4.90 Å². The number of nitrogens with zero attached hydrogens (tertiary/aromatic N) is 1. The molecule has 9 aromatic carbocycles. The summed E-state index contributed by atoms with van der Waals surface area (Å²) in [6.45, 7) is 8.01. The van der Waals surface area contributed by atoms with Crippen LogP contribution >= 0.6 is 0 Å². The molecule has 10 aromatic rings. The van der Waals surface area contributed by atoms with Gasteiger partial charge >= 0.3 is 0 Å². The van der Waals surface area contributed by atoms with Gasteiger partial charge in [0.2, 0.25) is 0 Å². The Kier molecular flexibility index (Phi) is 7.79. The maximum atomic E-state index is 6.16. The average Bonchev–Trinajstić information content (AvgIpc) is 3.95. The summed E-state index contributed by atoms with van der Waals surface area (Å²) in [5.74, 6) is 0. The number of para-hydroxylation sites is 1. The first-order valence-electron chi connectivity index (χ1n) is 20.9. The zero-order valence-electron chi connectivity index (χ0n) is 33.5. The predicted molar refractivity (Wildman–Crippen MR) is 256 cm³/mol. The summed E-state index contributed by atoms with van der Waals surface area (Å²) in [7, 11) is 0. The summed E-state index contributed by atoms with van der Waals surface area (Å²) in [6.07, 6.45) is 5.70. The molecular weight excluding hydrogens is 739 g/mol. The number of anilines is 3. The van der Waals surface area contributed by atoms with Crippen molar-refractivity contribution in [1.29, 1.82) is 0 Å². The van der Waals surface area contributed by atoms with Gasteiger partial charge in [-0.05, 0) is 132 Å². The summed E-state index contributed by atoms with van der Waals surface area (Å²) >= 11 is 0. The maximum absolute atomic E-state index is 6.16. The number of hydrogen-bond donors (Lipinski definition) is 0. The fourth-order valence-electron chi connectivity index (χ4n) is 10.4. The van der Waals surface area contributed by atoms with Gasteiger partial charge in [0, 0.05) is 27.8 Å². The molecule has 12 rings (SSSR count). The van der Waals surface area contributed by atoms with Crippen LogP contribution in [0.15, 0.2) is 230 Å². The molecule has 1 aromatic heterocycles. The molecule has 1 unspecified atom stereocenters. The van der Waals surface area contributed by atoms with E-state index in [1.54, 1.807) is 0 Å². The van der Waals surface area contributed by atoms with Crippen LogP contribution in [0.1, 0.15) is 27.8 Å². The second kappa shape index (κ2) is 13.6. The lowest BCUT2D eigenvalue weighted by Crippen LogP contribution is -2.26. The minimum absolute atomic E-state index is 0.485. The van der Waals surface area contributed by atoms with Gasteiger partial charge in [-0.2, -0.15) is 0 Å². The molecular formula is C59H39NO. The second-order valence-electron chi connectivity index (χ2n) is 16.1. The molecule has 0 radical (unpaired) electrons. The van der Waals surface area contributed by atoms with Crippen molar-refractivity contribution in [1.82, 2.24) is 0 Å². The molecule has 1 atom stereocenters. The van der Waals surface area contributed by atoms with Gasteiger partial charge in [0.25, 0.3) is 0 Å². The number of benzene rings is 9. The summed E-state index contributed by atoms with van der Waals surface area (Å²) in [5, 5.41) is 4.80. The van der Waals surface area contributed by atoms with Gasteiger partial charge in [-0.3, -0.25) is 0 Å². The van der Waals surface area contributed by atoms with E-state index in [0.29, 0.717) is 0 Å². The minimum Gasteiger partial charge on any atom is -0.456 e. The highest BCUT2D eigenvalue weighted by molar-refractivity contribution is 6.07. The standard InChI is InChI=1S/C59H39NO/c1-3-13-38(4-2)39-22-28-43(29-23-39)60(44-30-24-40(25-31-44)42-27-35-57-51(36-42)49-17-9-12-21-56(49)61-57)45-32-33-48-47-16-7-10-19-52(47)59(55(48)37-45)53-20-11-8-18-50(53)58-46-15-6-5-14-41(46)26-34-54(58)59/h3-37H,1-2H2/b38-13+. The highest BCUT2D eigenvalue weighted by atomic mass is 16.3. The number of furan rings is 1. The lowest BCUT2D eigenvalue weighted by molar-refractivity contribution is 0.669. The van der Waals surface area contributed by atoms with Crippen LogP contribution in [0.25, 0.3) is 71.7 Å².